The maximum Gasteiger partial charge on any atom is 0.298 e. The van der Waals surface area contributed by atoms with E-state index in [2.05, 4.69) is 10.3 Å². The average molecular weight is 371 g/mol. The molecule has 4 nitrogen and oxygen atoms in total. The molecule has 1 N–H and O–H groups in total. The van der Waals surface area contributed by atoms with Crippen LogP contribution in [0.2, 0.25) is 5.02 Å². The minimum Gasteiger partial charge on any atom is -0.295 e. The van der Waals surface area contributed by atoms with Gasteiger partial charge < -0.3 is 0 Å². The molecule has 0 unspecified atom stereocenters. The lowest BCUT2D eigenvalue weighted by Crippen LogP contribution is -2.22. The van der Waals surface area contributed by atoms with E-state index in [9.17, 15) is 9.59 Å². The number of ketones is 1. The number of aryl methyl sites for hydroxylation is 1. The van der Waals surface area contributed by atoms with Gasteiger partial charge >= 0.3 is 0 Å². The first kappa shape index (κ1) is 17.3. The van der Waals surface area contributed by atoms with E-state index in [1.807, 2.05) is 31.2 Å². The van der Waals surface area contributed by atoms with Crippen molar-refractivity contribution in [2.75, 3.05) is 5.32 Å². The molecule has 0 aliphatic heterocycles. The number of nitrogens with one attached hydrogen (secondary N) is 1. The van der Waals surface area contributed by atoms with Gasteiger partial charge in [0.25, 0.3) is 11.7 Å². The highest BCUT2D eigenvalue weighted by Crippen LogP contribution is 2.22. The molecule has 2 aromatic carbocycles. The van der Waals surface area contributed by atoms with Crippen molar-refractivity contribution >= 4 is 39.8 Å². The van der Waals surface area contributed by atoms with Crippen LogP contribution in [0.3, 0.4) is 0 Å². The summed E-state index contributed by atoms with van der Waals surface area (Å²) in [5.41, 5.74) is 2.45. The molecule has 3 aromatic rings. The maximum absolute atomic E-state index is 12.1. The normalized spacial score (nSPS) is 10.5. The first-order valence-electron chi connectivity index (χ1n) is 7.63. The number of Topliss-reactive ketones (excluding diaryl/α,β-unsaturated/α-hetero) is 1. The molecule has 1 aromatic heterocycles. The summed E-state index contributed by atoms with van der Waals surface area (Å²) in [6.07, 6.45) is 2.36. The number of halogens is 1. The Morgan fingerprint density at radius 1 is 1.16 bits per heavy atom. The van der Waals surface area contributed by atoms with Crippen LogP contribution < -0.4 is 5.32 Å². The standard InChI is InChI=1S/C19H15ClN2O2S/c1-12-5-7-14(8-6-12)17(23)18(24)22-19-21-11-16(25-19)10-13-3-2-4-15(20)9-13/h2-9,11H,10H2,1H3,(H,21,22,24). The first-order chi connectivity index (χ1) is 12.0. The summed E-state index contributed by atoms with van der Waals surface area (Å²) in [6.45, 7) is 1.92. The Morgan fingerprint density at radius 3 is 2.64 bits per heavy atom. The van der Waals surface area contributed by atoms with Crippen LogP contribution >= 0.6 is 22.9 Å². The molecular weight excluding hydrogens is 356 g/mol. The van der Waals surface area contributed by atoms with Crippen LogP contribution in [0.15, 0.2) is 54.7 Å². The van der Waals surface area contributed by atoms with E-state index in [4.69, 9.17) is 11.6 Å². The van der Waals surface area contributed by atoms with Gasteiger partial charge in [0.1, 0.15) is 0 Å². The van der Waals surface area contributed by atoms with Gasteiger partial charge in [0.15, 0.2) is 5.13 Å². The van der Waals surface area contributed by atoms with E-state index in [0.29, 0.717) is 22.1 Å². The van der Waals surface area contributed by atoms with E-state index in [1.165, 1.54) is 11.3 Å². The van der Waals surface area contributed by atoms with E-state index < -0.39 is 11.7 Å². The Labute approximate surface area is 154 Å². The monoisotopic (exact) mass is 370 g/mol. The second kappa shape index (κ2) is 7.59. The van der Waals surface area contributed by atoms with Crippen LogP contribution in [0.25, 0.3) is 0 Å². The Bertz CT molecular complexity index is 919. The van der Waals surface area contributed by atoms with Gasteiger partial charge in [-0.15, -0.1) is 11.3 Å². The molecule has 25 heavy (non-hydrogen) atoms. The Morgan fingerprint density at radius 2 is 1.92 bits per heavy atom. The number of nitrogens with zero attached hydrogens (tertiary/aromatic N) is 1. The van der Waals surface area contributed by atoms with Crippen molar-refractivity contribution in [3.63, 3.8) is 0 Å². The SMILES string of the molecule is Cc1ccc(C(=O)C(=O)Nc2ncc(Cc3cccc(Cl)c3)s2)cc1. The summed E-state index contributed by atoms with van der Waals surface area (Å²) >= 11 is 7.32. The van der Waals surface area contributed by atoms with Crippen molar-refractivity contribution in [2.24, 2.45) is 0 Å². The summed E-state index contributed by atoms with van der Waals surface area (Å²) in [4.78, 5) is 29.4. The molecule has 1 heterocycles. The zero-order valence-corrected chi connectivity index (χ0v) is 15.0. The highest BCUT2D eigenvalue weighted by atomic mass is 35.5. The van der Waals surface area contributed by atoms with Gasteiger partial charge in [-0.25, -0.2) is 4.98 Å². The summed E-state index contributed by atoms with van der Waals surface area (Å²) in [7, 11) is 0. The van der Waals surface area contributed by atoms with Gasteiger partial charge in [-0.05, 0) is 24.6 Å². The second-order valence-electron chi connectivity index (χ2n) is 5.59. The van der Waals surface area contributed by atoms with Crippen molar-refractivity contribution in [3.05, 3.63) is 81.3 Å². The molecule has 0 bridgehead atoms. The smallest absolute Gasteiger partial charge is 0.295 e. The number of anilines is 1. The minimum atomic E-state index is -0.687. The lowest BCUT2D eigenvalue weighted by Gasteiger charge is -2.02. The van der Waals surface area contributed by atoms with Crippen LogP contribution in [0.5, 0.6) is 0 Å². The predicted octanol–water partition coefficient (Wildman–Crippen LogP) is 4.52. The Hall–Kier alpha value is -2.50. The van der Waals surface area contributed by atoms with Crippen molar-refractivity contribution in [3.8, 4) is 0 Å². The van der Waals surface area contributed by atoms with Crippen molar-refractivity contribution in [2.45, 2.75) is 13.3 Å². The first-order valence-corrected chi connectivity index (χ1v) is 8.82. The topological polar surface area (TPSA) is 59.1 Å². The van der Waals surface area contributed by atoms with E-state index >= 15 is 0 Å². The van der Waals surface area contributed by atoms with E-state index in [-0.39, 0.29) is 0 Å². The Kier molecular flexibility index (Phi) is 5.26. The third-order valence-corrected chi connectivity index (χ3v) is 4.71. The maximum atomic E-state index is 12.1. The molecule has 0 aliphatic rings. The van der Waals surface area contributed by atoms with Gasteiger partial charge in [-0.2, -0.15) is 0 Å². The lowest BCUT2D eigenvalue weighted by atomic mass is 10.1. The number of rotatable bonds is 5. The number of carbonyl (C=O) groups is 2. The third kappa shape index (κ3) is 4.53. The molecule has 1 amide bonds. The molecule has 0 radical (unpaired) electrons. The van der Waals surface area contributed by atoms with Crippen LogP contribution in [-0.2, 0) is 11.2 Å². The summed E-state index contributed by atoms with van der Waals surface area (Å²) in [5.74, 6) is -1.26. The fraction of sp³-hybridized carbons (Fsp3) is 0.105. The fourth-order valence-electron chi connectivity index (χ4n) is 2.29. The molecule has 0 fully saturated rings. The molecular formula is C19H15ClN2O2S. The minimum absolute atomic E-state index is 0.360. The van der Waals surface area contributed by atoms with Crippen LogP contribution in [-0.4, -0.2) is 16.7 Å². The molecule has 126 valence electrons. The Balaban J connectivity index is 1.65. The third-order valence-electron chi connectivity index (χ3n) is 3.56. The second-order valence-corrected chi connectivity index (χ2v) is 7.14. The molecule has 0 atom stereocenters. The van der Waals surface area contributed by atoms with E-state index in [1.54, 1.807) is 30.5 Å². The molecule has 6 heteroatoms. The highest BCUT2D eigenvalue weighted by molar-refractivity contribution is 7.15. The largest absolute Gasteiger partial charge is 0.298 e. The highest BCUT2D eigenvalue weighted by Gasteiger charge is 2.17. The zero-order chi connectivity index (χ0) is 17.8. The fourth-order valence-corrected chi connectivity index (χ4v) is 3.34. The quantitative estimate of drug-likeness (QED) is 0.530. The van der Waals surface area contributed by atoms with Crippen molar-refractivity contribution in [1.29, 1.82) is 0 Å². The number of aromatic nitrogens is 1. The number of carbonyl (C=O) groups excluding carboxylic acids is 2. The summed E-state index contributed by atoms with van der Waals surface area (Å²) in [5, 5.41) is 3.65. The van der Waals surface area contributed by atoms with Gasteiger partial charge in [-0.1, -0.05) is 53.6 Å². The number of thiazole rings is 1. The van der Waals surface area contributed by atoms with Crippen LogP contribution in [0.4, 0.5) is 5.13 Å². The number of amides is 1. The number of hydrogen-bond donors (Lipinski definition) is 1. The number of benzene rings is 2. The molecule has 0 saturated heterocycles. The zero-order valence-electron chi connectivity index (χ0n) is 13.5. The van der Waals surface area contributed by atoms with Crippen molar-refractivity contribution in [1.82, 2.24) is 4.98 Å². The molecule has 0 saturated carbocycles. The number of hydrogen-bond acceptors (Lipinski definition) is 4. The van der Waals surface area contributed by atoms with Crippen LogP contribution in [0, 0.1) is 6.92 Å². The average Bonchev–Trinajstić information content (AvgIpc) is 3.01. The lowest BCUT2D eigenvalue weighted by molar-refractivity contribution is -0.112. The summed E-state index contributed by atoms with van der Waals surface area (Å²) < 4.78 is 0. The van der Waals surface area contributed by atoms with E-state index in [0.717, 1.165) is 16.0 Å². The molecule has 0 spiro atoms. The molecule has 0 aliphatic carbocycles. The van der Waals surface area contributed by atoms with Gasteiger partial charge in [0.05, 0.1) is 0 Å². The van der Waals surface area contributed by atoms with Crippen LogP contribution in [0.1, 0.15) is 26.4 Å². The van der Waals surface area contributed by atoms with Gasteiger partial charge in [0, 0.05) is 28.1 Å². The van der Waals surface area contributed by atoms with Crippen molar-refractivity contribution < 1.29 is 9.59 Å². The van der Waals surface area contributed by atoms with Gasteiger partial charge in [0.2, 0.25) is 0 Å². The molecule has 3 rings (SSSR count). The van der Waals surface area contributed by atoms with Gasteiger partial charge in [-0.3, -0.25) is 14.9 Å². The predicted molar refractivity (Wildman–Crippen MR) is 101 cm³/mol. The summed E-state index contributed by atoms with van der Waals surface area (Å²) in [6, 6.07) is 14.5.